The number of guanidine groups is 1. The number of hydrogen-bond donors (Lipinski definition) is 0. The number of amides is 3. The molecule has 0 aliphatic carbocycles. The van der Waals surface area contributed by atoms with Gasteiger partial charge in [-0.3, -0.25) is 14.6 Å². The van der Waals surface area contributed by atoms with E-state index >= 15 is 0 Å². The van der Waals surface area contributed by atoms with Gasteiger partial charge < -0.3 is 9.80 Å². The van der Waals surface area contributed by atoms with E-state index < -0.39 is 12.2 Å². The highest BCUT2D eigenvalue weighted by Gasteiger charge is 2.54. The zero-order valence-corrected chi connectivity index (χ0v) is 16.0. The molecule has 3 aliphatic rings. The maximum absolute atomic E-state index is 13.1. The van der Waals surface area contributed by atoms with Crippen LogP contribution in [0, 0.1) is 6.92 Å². The van der Waals surface area contributed by atoms with E-state index in [9.17, 15) is 9.59 Å². The number of allylic oxidation sites excluding steroid dienone is 1. The van der Waals surface area contributed by atoms with E-state index in [-0.39, 0.29) is 18.5 Å². The predicted octanol–water partition coefficient (Wildman–Crippen LogP) is 2.51. The third-order valence-corrected chi connectivity index (χ3v) is 5.11. The molecule has 3 amide bonds. The molecular weight excluding hydrogens is 342 g/mol. The Morgan fingerprint density at radius 1 is 1.19 bits per heavy atom. The van der Waals surface area contributed by atoms with E-state index in [1.165, 1.54) is 15.4 Å². The van der Waals surface area contributed by atoms with Crippen molar-refractivity contribution in [3.63, 3.8) is 0 Å². The van der Waals surface area contributed by atoms with Crippen LogP contribution in [0.1, 0.15) is 19.4 Å². The molecule has 0 saturated carbocycles. The monoisotopic (exact) mass is 365 g/mol. The van der Waals surface area contributed by atoms with Crippen LogP contribution < -0.4 is 4.90 Å². The topological polar surface area (TPSA) is 59.5 Å². The molecule has 0 aromatic heterocycles. The summed E-state index contributed by atoms with van der Waals surface area (Å²) in [6, 6.07) is 7.27. The van der Waals surface area contributed by atoms with Crippen molar-refractivity contribution in [1.29, 1.82) is 0 Å². The maximum Gasteiger partial charge on any atom is 0.328 e. The number of hydrogen-bond acceptors (Lipinski definition) is 5. The number of aliphatic imine (C=N–C) groups is 1. The van der Waals surface area contributed by atoms with Gasteiger partial charge in [0, 0.05) is 24.6 Å². The third kappa shape index (κ3) is 2.53. The molecule has 4 rings (SSSR count). The minimum absolute atomic E-state index is 0.221. The van der Waals surface area contributed by atoms with E-state index in [0.717, 1.165) is 17.0 Å². The van der Waals surface area contributed by atoms with Gasteiger partial charge in [-0.05, 0) is 32.9 Å². The van der Waals surface area contributed by atoms with Crippen molar-refractivity contribution in [2.75, 3.05) is 18.5 Å². The van der Waals surface area contributed by atoms with Crippen LogP contribution in [0.25, 0.3) is 0 Å². The molecule has 0 bridgehead atoms. The summed E-state index contributed by atoms with van der Waals surface area (Å²) in [5, 5.41) is 0. The van der Waals surface area contributed by atoms with Gasteiger partial charge in [0.05, 0.1) is 6.54 Å². The molecule has 7 heteroatoms. The number of fused-ring (bicyclic) bond motifs is 3. The first-order chi connectivity index (χ1) is 12.8. The molecule has 140 valence electrons. The summed E-state index contributed by atoms with van der Waals surface area (Å²) in [6.07, 6.45) is 1.41. The van der Waals surface area contributed by atoms with Gasteiger partial charge in [0.25, 0.3) is 5.91 Å². The largest absolute Gasteiger partial charge is 0.328 e. The van der Waals surface area contributed by atoms with Crippen molar-refractivity contribution in [2.45, 2.75) is 33.0 Å². The van der Waals surface area contributed by atoms with Crippen LogP contribution in [0.3, 0.4) is 0 Å². The smallest absolute Gasteiger partial charge is 0.302 e. The molecule has 0 radical (unpaired) electrons. The van der Waals surface area contributed by atoms with E-state index in [0.29, 0.717) is 5.96 Å². The predicted molar refractivity (Wildman–Crippen MR) is 104 cm³/mol. The molecule has 3 aliphatic heterocycles. The fourth-order valence-corrected chi connectivity index (χ4v) is 3.78. The van der Waals surface area contributed by atoms with Gasteiger partial charge in [0.2, 0.25) is 5.96 Å². The first-order valence-corrected chi connectivity index (χ1v) is 8.93. The van der Waals surface area contributed by atoms with Crippen LogP contribution in [0.5, 0.6) is 0 Å². The Balaban J connectivity index is 1.71. The molecule has 1 aromatic rings. The fourth-order valence-electron chi connectivity index (χ4n) is 3.78. The number of urea groups is 1. The Labute approximate surface area is 158 Å². The van der Waals surface area contributed by atoms with Gasteiger partial charge in [-0.15, -0.1) is 0 Å². The van der Waals surface area contributed by atoms with Gasteiger partial charge in [-0.1, -0.05) is 29.8 Å². The first-order valence-electron chi connectivity index (χ1n) is 8.93. The number of imide groups is 1. The molecule has 1 fully saturated rings. The average Bonchev–Trinajstić information content (AvgIpc) is 3.12. The zero-order chi connectivity index (χ0) is 19.5. The maximum atomic E-state index is 13.1. The fraction of sp³-hybridized carbons (Fsp3) is 0.350. The number of likely N-dealkylation sites (N-methyl/N-ethyl adjacent to an activating group) is 1. The van der Waals surface area contributed by atoms with Crippen LogP contribution >= 0.6 is 0 Å². The SMILES string of the molecule is C=C(C)CN1C(=O)C2C(N=C3N(c4ccc(C)cc4)C(C)=CN32)N(C)C1=O. The van der Waals surface area contributed by atoms with Gasteiger partial charge in [0.15, 0.2) is 12.2 Å². The molecule has 3 heterocycles. The lowest BCUT2D eigenvalue weighted by atomic mass is 10.1. The molecule has 2 unspecified atom stereocenters. The number of aryl methyl sites for hydroxylation is 1. The number of nitrogens with zero attached hydrogens (tertiary/aromatic N) is 5. The van der Waals surface area contributed by atoms with E-state index in [1.54, 1.807) is 7.05 Å². The van der Waals surface area contributed by atoms with E-state index in [2.05, 4.69) is 6.58 Å². The van der Waals surface area contributed by atoms with Crippen molar-refractivity contribution in [3.05, 3.63) is 53.9 Å². The molecule has 1 saturated heterocycles. The van der Waals surface area contributed by atoms with Crippen molar-refractivity contribution in [3.8, 4) is 0 Å². The highest BCUT2D eigenvalue weighted by atomic mass is 16.2. The summed E-state index contributed by atoms with van der Waals surface area (Å²) in [5.41, 5.74) is 3.90. The summed E-state index contributed by atoms with van der Waals surface area (Å²) in [6.45, 7) is 9.90. The van der Waals surface area contributed by atoms with Crippen molar-refractivity contribution in [1.82, 2.24) is 14.7 Å². The zero-order valence-electron chi connectivity index (χ0n) is 16.0. The Bertz CT molecular complexity index is 901. The summed E-state index contributed by atoms with van der Waals surface area (Å²) in [5.74, 6) is 0.441. The standard InChI is InChI=1S/C20H23N5O2/c1-12(2)10-24-18(26)16-17(22(5)20(24)27)21-19-23(16)11-14(4)25(19)15-8-6-13(3)7-9-15/h6-9,11,16-17H,1,10H2,2-5H3. The molecule has 7 nitrogen and oxygen atoms in total. The summed E-state index contributed by atoms with van der Waals surface area (Å²) >= 11 is 0. The van der Waals surface area contributed by atoms with Crippen molar-refractivity contribution >= 4 is 23.6 Å². The van der Waals surface area contributed by atoms with Crippen LogP contribution in [0.2, 0.25) is 0 Å². The van der Waals surface area contributed by atoms with Crippen LogP contribution in [-0.4, -0.2) is 58.4 Å². The second kappa shape index (κ2) is 5.97. The minimum atomic E-state index is -0.549. The number of rotatable bonds is 3. The van der Waals surface area contributed by atoms with E-state index in [1.807, 2.05) is 61.0 Å². The normalized spacial score (nSPS) is 24.1. The van der Waals surface area contributed by atoms with Gasteiger partial charge >= 0.3 is 6.03 Å². The Kier molecular flexibility index (Phi) is 3.83. The summed E-state index contributed by atoms with van der Waals surface area (Å²) < 4.78 is 0. The molecular formula is C20H23N5O2. The van der Waals surface area contributed by atoms with Crippen molar-refractivity contribution in [2.24, 2.45) is 4.99 Å². The van der Waals surface area contributed by atoms with Crippen LogP contribution in [0.4, 0.5) is 10.5 Å². The quantitative estimate of drug-likeness (QED) is 0.773. The Morgan fingerprint density at radius 2 is 1.85 bits per heavy atom. The lowest BCUT2D eigenvalue weighted by Gasteiger charge is -2.40. The van der Waals surface area contributed by atoms with Crippen molar-refractivity contribution < 1.29 is 9.59 Å². The number of benzene rings is 1. The second-order valence-electron chi connectivity index (χ2n) is 7.41. The number of carbonyl (C=O) groups is 2. The van der Waals surface area contributed by atoms with Gasteiger partial charge in [0.1, 0.15) is 0 Å². The van der Waals surface area contributed by atoms with Gasteiger partial charge in [-0.25, -0.2) is 9.79 Å². The van der Waals surface area contributed by atoms with E-state index in [4.69, 9.17) is 4.99 Å². The Morgan fingerprint density at radius 3 is 2.48 bits per heavy atom. The molecule has 1 aromatic carbocycles. The minimum Gasteiger partial charge on any atom is -0.302 e. The summed E-state index contributed by atoms with van der Waals surface area (Å²) in [4.78, 5) is 37.2. The van der Waals surface area contributed by atoms with Crippen LogP contribution in [0.15, 0.2) is 53.3 Å². The first kappa shape index (κ1) is 17.3. The lowest BCUT2D eigenvalue weighted by Crippen LogP contribution is -2.64. The molecule has 0 spiro atoms. The number of anilines is 1. The molecule has 0 N–H and O–H groups in total. The number of carbonyl (C=O) groups excluding carboxylic acids is 2. The molecule has 27 heavy (non-hydrogen) atoms. The average molecular weight is 365 g/mol. The lowest BCUT2D eigenvalue weighted by molar-refractivity contribution is -0.136. The highest BCUT2D eigenvalue weighted by Crippen LogP contribution is 2.36. The third-order valence-electron chi connectivity index (χ3n) is 5.11. The highest BCUT2D eigenvalue weighted by molar-refractivity contribution is 6.10. The van der Waals surface area contributed by atoms with Gasteiger partial charge in [-0.2, -0.15) is 0 Å². The van der Waals surface area contributed by atoms with Crippen LogP contribution in [-0.2, 0) is 4.79 Å². The molecule has 2 atom stereocenters. The summed E-state index contributed by atoms with van der Waals surface area (Å²) in [7, 11) is 1.69. The second-order valence-corrected chi connectivity index (χ2v) is 7.41. The Hall–Kier alpha value is -3.09.